The van der Waals surface area contributed by atoms with Crippen molar-refractivity contribution in [1.82, 2.24) is 15.1 Å². The standard InChI is InChI=1S/C14H18ClN3O3/c1-21-12-5-9(4-11(15)13(12)19)7-17-2-3-18-10(8-17)6-16-14(18)20/h4-5,10,19H,2-3,6-8H2,1H3,(H,16,20). The number of phenols is 1. The van der Waals surface area contributed by atoms with Crippen LogP contribution in [0.3, 0.4) is 0 Å². The second kappa shape index (κ2) is 5.61. The first-order valence-corrected chi connectivity index (χ1v) is 7.28. The van der Waals surface area contributed by atoms with Gasteiger partial charge < -0.3 is 20.1 Å². The third kappa shape index (κ3) is 2.73. The van der Waals surface area contributed by atoms with E-state index in [1.54, 1.807) is 12.1 Å². The molecule has 1 aromatic rings. The van der Waals surface area contributed by atoms with E-state index >= 15 is 0 Å². The molecule has 0 aliphatic carbocycles. The van der Waals surface area contributed by atoms with Gasteiger partial charge in [-0.15, -0.1) is 0 Å². The lowest BCUT2D eigenvalue weighted by Crippen LogP contribution is -2.51. The van der Waals surface area contributed by atoms with Crippen LogP contribution in [0.5, 0.6) is 11.5 Å². The van der Waals surface area contributed by atoms with Crippen LogP contribution >= 0.6 is 11.6 Å². The van der Waals surface area contributed by atoms with Crippen LogP contribution < -0.4 is 10.1 Å². The molecule has 6 nitrogen and oxygen atoms in total. The molecule has 2 N–H and O–H groups in total. The van der Waals surface area contributed by atoms with E-state index in [1.807, 2.05) is 4.90 Å². The summed E-state index contributed by atoms with van der Waals surface area (Å²) in [5.41, 5.74) is 0.986. The summed E-state index contributed by atoms with van der Waals surface area (Å²) in [5, 5.41) is 12.9. The number of fused-ring (bicyclic) bond motifs is 1. The van der Waals surface area contributed by atoms with Crippen molar-refractivity contribution in [2.75, 3.05) is 33.3 Å². The van der Waals surface area contributed by atoms with Crippen LogP contribution in [0.2, 0.25) is 5.02 Å². The zero-order valence-electron chi connectivity index (χ0n) is 11.8. The molecule has 2 aliphatic rings. The molecule has 114 valence electrons. The molecule has 2 saturated heterocycles. The monoisotopic (exact) mass is 311 g/mol. The van der Waals surface area contributed by atoms with E-state index in [4.69, 9.17) is 16.3 Å². The second-order valence-electron chi connectivity index (χ2n) is 5.40. The fourth-order valence-corrected chi connectivity index (χ4v) is 3.18. The molecule has 0 spiro atoms. The van der Waals surface area contributed by atoms with Gasteiger partial charge in [-0.3, -0.25) is 4.90 Å². The van der Waals surface area contributed by atoms with E-state index < -0.39 is 0 Å². The summed E-state index contributed by atoms with van der Waals surface area (Å²) < 4.78 is 5.12. The molecule has 0 saturated carbocycles. The lowest BCUT2D eigenvalue weighted by Gasteiger charge is -2.36. The van der Waals surface area contributed by atoms with Crippen LogP contribution in [0.15, 0.2) is 12.1 Å². The largest absolute Gasteiger partial charge is 0.503 e. The Bertz CT molecular complexity index is 567. The number of carbonyl (C=O) groups excluding carboxylic acids is 1. The number of carbonyl (C=O) groups is 1. The van der Waals surface area contributed by atoms with Gasteiger partial charge in [0.15, 0.2) is 11.5 Å². The van der Waals surface area contributed by atoms with E-state index in [1.165, 1.54) is 7.11 Å². The Kier molecular flexibility index (Phi) is 3.82. The Morgan fingerprint density at radius 1 is 1.48 bits per heavy atom. The molecule has 1 atom stereocenters. The molecular formula is C14H18ClN3O3. The zero-order valence-corrected chi connectivity index (χ0v) is 12.6. The normalized spacial score (nSPS) is 22.1. The van der Waals surface area contributed by atoms with Gasteiger partial charge in [0.05, 0.1) is 18.2 Å². The minimum atomic E-state index is -0.0293. The number of benzene rings is 1. The van der Waals surface area contributed by atoms with Crippen LogP contribution in [0.4, 0.5) is 4.79 Å². The Morgan fingerprint density at radius 2 is 2.29 bits per heavy atom. The number of nitrogens with zero attached hydrogens (tertiary/aromatic N) is 2. The first kappa shape index (κ1) is 14.3. The van der Waals surface area contributed by atoms with E-state index in [9.17, 15) is 9.90 Å². The maximum atomic E-state index is 11.6. The maximum Gasteiger partial charge on any atom is 0.317 e. The van der Waals surface area contributed by atoms with Crippen LogP contribution in [0.1, 0.15) is 5.56 Å². The smallest absolute Gasteiger partial charge is 0.317 e. The number of urea groups is 1. The molecule has 2 fully saturated rings. The number of rotatable bonds is 3. The highest BCUT2D eigenvalue weighted by Crippen LogP contribution is 2.35. The van der Waals surface area contributed by atoms with Gasteiger partial charge in [-0.05, 0) is 17.7 Å². The second-order valence-corrected chi connectivity index (χ2v) is 5.80. The van der Waals surface area contributed by atoms with Gasteiger partial charge in [0, 0.05) is 32.7 Å². The Hall–Kier alpha value is -1.66. The first-order chi connectivity index (χ1) is 10.1. The molecule has 2 heterocycles. The van der Waals surface area contributed by atoms with Crippen LogP contribution in [-0.2, 0) is 6.54 Å². The van der Waals surface area contributed by atoms with E-state index in [2.05, 4.69) is 10.2 Å². The van der Waals surface area contributed by atoms with E-state index in [0.717, 1.165) is 31.7 Å². The molecule has 21 heavy (non-hydrogen) atoms. The van der Waals surface area contributed by atoms with Crippen molar-refractivity contribution in [2.45, 2.75) is 12.6 Å². The summed E-state index contributed by atoms with van der Waals surface area (Å²) in [4.78, 5) is 15.7. The van der Waals surface area contributed by atoms with Gasteiger partial charge in [0.1, 0.15) is 0 Å². The summed E-state index contributed by atoms with van der Waals surface area (Å²) in [6, 6.07) is 3.82. The molecule has 2 amide bonds. The van der Waals surface area contributed by atoms with Crippen molar-refractivity contribution in [1.29, 1.82) is 0 Å². The lowest BCUT2D eigenvalue weighted by atomic mass is 10.1. The number of phenolic OH excluding ortho intramolecular Hbond substituents is 1. The Balaban J connectivity index is 1.70. The number of halogens is 1. The molecule has 7 heteroatoms. The van der Waals surface area contributed by atoms with E-state index in [0.29, 0.717) is 17.3 Å². The molecule has 0 bridgehead atoms. The number of hydrogen-bond acceptors (Lipinski definition) is 4. The van der Waals surface area contributed by atoms with Crippen molar-refractivity contribution < 1.29 is 14.6 Å². The summed E-state index contributed by atoms with van der Waals surface area (Å²) >= 11 is 6.01. The highest BCUT2D eigenvalue weighted by Gasteiger charge is 2.35. The van der Waals surface area contributed by atoms with Crippen molar-refractivity contribution in [3.05, 3.63) is 22.7 Å². The average molecular weight is 312 g/mol. The molecule has 0 radical (unpaired) electrons. The SMILES string of the molecule is COc1cc(CN2CCN3C(=O)NCC3C2)cc(Cl)c1O. The Morgan fingerprint density at radius 3 is 3.05 bits per heavy atom. The maximum absolute atomic E-state index is 11.6. The predicted octanol–water partition coefficient (Wildman–Crippen LogP) is 1.26. The minimum Gasteiger partial charge on any atom is -0.503 e. The third-order valence-corrected chi connectivity index (χ3v) is 4.32. The highest BCUT2D eigenvalue weighted by atomic mass is 35.5. The number of piperazine rings is 1. The summed E-state index contributed by atoms with van der Waals surface area (Å²) in [6.07, 6.45) is 0. The molecule has 1 aromatic carbocycles. The molecule has 2 aliphatic heterocycles. The molecule has 1 unspecified atom stereocenters. The first-order valence-electron chi connectivity index (χ1n) is 6.90. The van der Waals surface area contributed by atoms with Gasteiger partial charge in [0.2, 0.25) is 0 Å². The number of hydrogen-bond donors (Lipinski definition) is 2. The van der Waals surface area contributed by atoms with Gasteiger partial charge in [0.25, 0.3) is 0 Å². The fraction of sp³-hybridized carbons (Fsp3) is 0.500. The van der Waals surface area contributed by atoms with Crippen molar-refractivity contribution >= 4 is 17.6 Å². The molecule has 0 aromatic heterocycles. The number of aromatic hydroxyl groups is 1. The Labute approximate surface area is 128 Å². The molecule has 3 rings (SSSR count). The van der Waals surface area contributed by atoms with E-state index in [-0.39, 0.29) is 17.8 Å². The number of ether oxygens (including phenoxy) is 1. The van der Waals surface area contributed by atoms with Crippen LogP contribution in [0.25, 0.3) is 0 Å². The van der Waals surface area contributed by atoms with Gasteiger partial charge in [-0.25, -0.2) is 4.79 Å². The van der Waals surface area contributed by atoms with Gasteiger partial charge in [-0.2, -0.15) is 0 Å². The summed E-state index contributed by atoms with van der Waals surface area (Å²) in [7, 11) is 1.50. The number of amides is 2. The zero-order chi connectivity index (χ0) is 15.0. The molecular weight excluding hydrogens is 294 g/mol. The summed E-state index contributed by atoms with van der Waals surface area (Å²) in [5.74, 6) is 0.354. The topological polar surface area (TPSA) is 65.0 Å². The number of methoxy groups -OCH3 is 1. The highest BCUT2D eigenvalue weighted by molar-refractivity contribution is 6.32. The van der Waals surface area contributed by atoms with Crippen LogP contribution in [-0.4, -0.2) is 60.3 Å². The predicted molar refractivity (Wildman–Crippen MR) is 78.8 cm³/mol. The van der Waals surface area contributed by atoms with Crippen molar-refractivity contribution in [2.24, 2.45) is 0 Å². The van der Waals surface area contributed by atoms with Crippen molar-refractivity contribution in [3.8, 4) is 11.5 Å². The van der Waals surface area contributed by atoms with Gasteiger partial charge in [-0.1, -0.05) is 11.6 Å². The summed E-state index contributed by atoms with van der Waals surface area (Å²) in [6.45, 7) is 3.81. The van der Waals surface area contributed by atoms with Gasteiger partial charge >= 0.3 is 6.03 Å². The van der Waals surface area contributed by atoms with Crippen LogP contribution in [0, 0.1) is 0 Å². The minimum absolute atomic E-state index is 0.0293. The quantitative estimate of drug-likeness (QED) is 0.882. The lowest BCUT2D eigenvalue weighted by molar-refractivity contribution is 0.116. The number of nitrogens with one attached hydrogen (secondary N) is 1. The average Bonchev–Trinajstić information content (AvgIpc) is 2.83. The fourth-order valence-electron chi connectivity index (χ4n) is 2.94. The third-order valence-electron chi connectivity index (χ3n) is 4.03. The van der Waals surface area contributed by atoms with Crippen molar-refractivity contribution in [3.63, 3.8) is 0 Å².